The van der Waals surface area contributed by atoms with Crippen LogP contribution in [0.5, 0.6) is 0 Å². The topological polar surface area (TPSA) is 50.8 Å². The van der Waals surface area contributed by atoms with E-state index in [1.165, 1.54) is 0 Å². The molecule has 1 fully saturated rings. The summed E-state index contributed by atoms with van der Waals surface area (Å²) in [6.07, 6.45) is 4.83. The fourth-order valence-electron chi connectivity index (χ4n) is 3.21. The van der Waals surface area contributed by atoms with E-state index in [1.807, 2.05) is 4.90 Å². The van der Waals surface area contributed by atoms with Crippen LogP contribution in [-0.2, 0) is 14.3 Å². The second-order valence-corrected chi connectivity index (χ2v) is 5.91. The molecule has 0 radical (unpaired) electrons. The predicted octanol–water partition coefficient (Wildman–Crippen LogP) is 1.67. The molecule has 0 unspecified atom stereocenters. The van der Waals surface area contributed by atoms with Crippen LogP contribution in [0.3, 0.4) is 0 Å². The zero-order valence-corrected chi connectivity index (χ0v) is 14.0. The third-order valence-corrected chi connectivity index (χ3v) is 4.37. The highest BCUT2D eigenvalue weighted by Gasteiger charge is 2.40. The number of hydrogen-bond donors (Lipinski definition) is 1. The number of methoxy groups -OCH3 is 2. The summed E-state index contributed by atoms with van der Waals surface area (Å²) in [5.74, 6) is 0.319. The Labute approximate surface area is 129 Å². The van der Waals surface area contributed by atoms with Crippen LogP contribution in [0.25, 0.3) is 0 Å². The van der Waals surface area contributed by atoms with Gasteiger partial charge in [0, 0.05) is 33.9 Å². The number of hydrogen-bond acceptors (Lipinski definition) is 4. The summed E-state index contributed by atoms with van der Waals surface area (Å²) in [6.45, 7) is 6.79. The molecule has 1 aliphatic rings. The highest BCUT2D eigenvalue weighted by atomic mass is 16.5. The van der Waals surface area contributed by atoms with Crippen molar-refractivity contribution >= 4 is 5.91 Å². The molecule has 0 aliphatic carbocycles. The molecule has 0 atom stereocenters. The molecule has 0 aromatic carbocycles. The zero-order valence-electron chi connectivity index (χ0n) is 14.0. The van der Waals surface area contributed by atoms with Gasteiger partial charge in [0.15, 0.2) is 0 Å². The number of carbonyl (C=O) groups excluding carboxylic acids is 1. The average molecular weight is 300 g/mol. The van der Waals surface area contributed by atoms with Gasteiger partial charge in [0.2, 0.25) is 5.91 Å². The average Bonchev–Trinajstić information content (AvgIpc) is 2.51. The Morgan fingerprint density at radius 1 is 1.14 bits per heavy atom. The first kappa shape index (κ1) is 18.4. The molecule has 1 heterocycles. The summed E-state index contributed by atoms with van der Waals surface area (Å²) >= 11 is 0. The molecular formula is C16H32N2O3. The number of ether oxygens (including phenoxy) is 2. The molecule has 0 bridgehead atoms. The van der Waals surface area contributed by atoms with Crippen molar-refractivity contribution in [1.82, 2.24) is 10.2 Å². The number of rotatable bonds is 10. The quantitative estimate of drug-likeness (QED) is 0.624. The molecule has 21 heavy (non-hydrogen) atoms. The Hall–Kier alpha value is -0.650. The van der Waals surface area contributed by atoms with Crippen LogP contribution in [0.2, 0.25) is 0 Å². The van der Waals surface area contributed by atoms with Crippen molar-refractivity contribution in [2.45, 2.75) is 39.0 Å². The van der Waals surface area contributed by atoms with Gasteiger partial charge in [-0.3, -0.25) is 4.79 Å². The summed E-state index contributed by atoms with van der Waals surface area (Å²) in [4.78, 5) is 15.1. The number of carbonyl (C=O) groups is 1. The van der Waals surface area contributed by atoms with Crippen molar-refractivity contribution in [1.29, 1.82) is 0 Å². The highest BCUT2D eigenvalue weighted by molar-refractivity contribution is 5.83. The van der Waals surface area contributed by atoms with Crippen molar-refractivity contribution in [2.75, 3.05) is 53.6 Å². The Kier molecular flexibility index (Phi) is 8.88. The lowest BCUT2D eigenvalue weighted by molar-refractivity contribution is -0.145. The van der Waals surface area contributed by atoms with E-state index in [-0.39, 0.29) is 5.41 Å². The normalized spacial score (nSPS) is 17.7. The fraction of sp³-hybridized carbons (Fsp3) is 0.938. The minimum absolute atomic E-state index is 0.166. The van der Waals surface area contributed by atoms with Gasteiger partial charge in [-0.2, -0.15) is 0 Å². The van der Waals surface area contributed by atoms with E-state index in [0.717, 1.165) is 51.7 Å². The predicted molar refractivity (Wildman–Crippen MR) is 84.4 cm³/mol. The Morgan fingerprint density at radius 3 is 2.38 bits per heavy atom. The van der Waals surface area contributed by atoms with Crippen LogP contribution in [0.15, 0.2) is 0 Å². The molecule has 0 aromatic rings. The third kappa shape index (κ3) is 5.57. The second kappa shape index (κ2) is 10.1. The van der Waals surface area contributed by atoms with Gasteiger partial charge in [0.05, 0.1) is 12.0 Å². The molecule has 1 saturated heterocycles. The van der Waals surface area contributed by atoms with Crippen LogP contribution < -0.4 is 5.32 Å². The van der Waals surface area contributed by atoms with Crippen LogP contribution in [0.1, 0.15) is 39.0 Å². The second-order valence-electron chi connectivity index (χ2n) is 5.91. The molecule has 124 valence electrons. The first-order valence-corrected chi connectivity index (χ1v) is 8.18. The number of nitrogens with zero attached hydrogens (tertiary/aromatic N) is 1. The molecule has 0 saturated carbocycles. The maximum absolute atomic E-state index is 13.1. The first-order chi connectivity index (χ1) is 10.2. The molecule has 5 heteroatoms. The maximum Gasteiger partial charge on any atom is 0.228 e. The summed E-state index contributed by atoms with van der Waals surface area (Å²) in [5.41, 5.74) is -0.166. The molecule has 0 aromatic heterocycles. The van der Waals surface area contributed by atoms with E-state index in [0.29, 0.717) is 25.7 Å². The summed E-state index contributed by atoms with van der Waals surface area (Å²) < 4.78 is 10.3. The number of nitrogens with one attached hydrogen (secondary N) is 1. The number of piperidine rings is 1. The van der Waals surface area contributed by atoms with Crippen molar-refractivity contribution in [2.24, 2.45) is 5.41 Å². The van der Waals surface area contributed by atoms with Crippen molar-refractivity contribution in [3.8, 4) is 0 Å². The first-order valence-electron chi connectivity index (χ1n) is 8.18. The lowest BCUT2D eigenvalue weighted by atomic mass is 9.74. The van der Waals surface area contributed by atoms with E-state index in [9.17, 15) is 4.79 Å². The fourth-order valence-corrected chi connectivity index (χ4v) is 3.21. The van der Waals surface area contributed by atoms with Gasteiger partial charge in [-0.15, -0.1) is 0 Å². The third-order valence-electron chi connectivity index (χ3n) is 4.37. The van der Waals surface area contributed by atoms with E-state index >= 15 is 0 Å². The summed E-state index contributed by atoms with van der Waals surface area (Å²) in [7, 11) is 3.39. The van der Waals surface area contributed by atoms with Gasteiger partial charge in [-0.05, 0) is 38.8 Å². The van der Waals surface area contributed by atoms with E-state index in [1.54, 1.807) is 14.2 Å². The largest absolute Gasteiger partial charge is 0.385 e. The number of amides is 1. The van der Waals surface area contributed by atoms with Gasteiger partial charge >= 0.3 is 0 Å². The minimum atomic E-state index is -0.166. The van der Waals surface area contributed by atoms with Crippen molar-refractivity contribution in [3.05, 3.63) is 0 Å². The van der Waals surface area contributed by atoms with Gasteiger partial charge in [0.25, 0.3) is 0 Å². The van der Waals surface area contributed by atoms with E-state index in [4.69, 9.17) is 9.47 Å². The van der Waals surface area contributed by atoms with Crippen LogP contribution in [0, 0.1) is 5.41 Å². The van der Waals surface area contributed by atoms with Crippen LogP contribution >= 0.6 is 0 Å². The highest BCUT2D eigenvalue weighted by Crippen LogP contribution is 2.36. The van der Waals surface area contributed by atoms with Gasteiger partial charge in [-0.1, -0.05) is 13.3 Å². The molecule has 5 nitrogen and oxygen atoms in total. The van der Waals surface area contributed by atoms with Gasteiger partial charge in [-0.25, -0.2) is 0 Å². The van der Waals surface area contributed by atoms with Crippen LogP contribution in [0.4, 0.5) is 0 Å². The smallest absolute Gasteiger partial charge is 0.228 e. The molecular weight excluding hydrogens is 268 g/mol. The molecule has 1 amide bonds. The minimum Gasteiger partial charge on any atom is -0.385 e. The van der Waals surface area contributed by atoms with E-state index < -0.39 is 0 Å². The SMILES string of the molecule is CCCC1(C(=O)N(CCCOC)CCOC)CCNCC1. The molecule has 1 rings (SSSR count). The molecule has 1 aliphatic heterocycles. The Balaban J connectivity index is 2.72. The van der Waals surface area contributed by atoms with Gasteiger partial charge in [0.1, 0.15) is 0 Å². The van der Waals surface area contributed by atoms with E-state index in [2.05, 4.69) is 12.2 Å². The van der Waals surface area contributed by atoms with Gasteiger partial charge < -0.3 is 19.7 Å². The summed E-state index contributed by atoms with van der Waals surface area (Å²) in [6, 6.07) is 0. The molecule has 0 spiro atoms. The molecule has 1 N–H and O–H groups in total. The lowest BCUT2D eigenvalue weighted by Crippen LogP contribution is -2.50. The van der Waals surface area contributed by atoms with Crippen molar-refractivity contribution < 1.29 is 14.3 Å². The zero-order chi connectivity index (χ0) is 15.6. The van der Waals surface area contributed by atoms with Crippen molar-refractivity contribution in [3.63, 3.8) is 0 Å². The van der Waals surface area contributed by atoms with Crippen LogP contribution in [-0.4, -0.2) is 64.4 Å². The maximum atomic E-state index is 13.1. The standard InChI is InChI=1S/C16H32N2O3/c1-4-6-16(7-9-17-10-8-16)15(19)18(12-14-21-3)11-5-13-20-2/h17H,4-14H2,1-3H3. The summed E-state index contributed by atoms with van der Waals surface area (Å²) in [5, 5.41) is 3.37. The monoisotopic (exact) mass is 300 g/mol. The Morgan fingerprint density at radius 2 is 1.81 bits per heavy atom. The lowest BCUT2D eigenvalue weighted by Gasteiger charge is -2.40. The Bertz CT molecular complexity index is 286.